The van der Waals surface area contributed by atoms with Crippen molar-refractivity contribution in [1.29, 1.82) is 0 Å². The molecule has 6 heteroatoms. The molecular formula is C40H34IrN4O-2. The quantitative estimate of drug-likeness (QED) is 0.168. The molecule has 0 atom stereocenters. The minimum Gasteiger partial charge on any atom is -0.486 e. The van der Waals surface area contributed by atoms with Crippen LogP contribution in [0.25, 0.3) is 61.8 Å². The molecule has 1 radical (unpaired) electrons. The van der Waals surface area contributed by atoms with Gasteiger partial charge in [-0.3, -0.25) is 4.98 Å². The average Bonchev–Trinajstić information content (AvgIpc) is 3.82. The van der Waals surface area contributed by atoms with Gasteiger partial charge >= 0.3 is 0 Å². The van der Waals surface area contributed by atoms with Gasteiger partial charge in [0, 0.05) is 37.4 Å². The van der Waals surface area contributed by atoms with Crippen molar-refractivity contribution in [2.45, 2.75) is 57.9 Å². The minimum atomic E-state index is -0.0877. The summed E-state index contributed by atoms with van der Waals surface area (Å²) < 4.78 is 8.33. The Kier molecular flexibility index (Phi) is 7.96. The van der Waals surface area contributed by atoms with Gasteiger partial charge in [0.15, 0.2) is 0 Å². The van der Waals surface area contributed by atoms with E-state index < -0.39 is 0 Å². The smallest absolute Gasteiger partial charge is 0.216 e. The molecule has 2 aliphatic rings. The Hall–Kier alpha value is -4.38. The molecule has 231 valence electrons. The first kappa shape index (κ1) is 30.3. The van der Waals surface area contributed by atoms with Crippen LogP contribution in [-0.4, -0.2) is 19.5 Å². The predicted octanol–water partition coefficient (Wildman–Crippen LogP) is 10.1. The summed E-state index contributed by atoms with van der Waals surface area (Å²) in [5, 5.41) is 2.07. The van der Waals surface area contributed by atoms with Crippen LogP contribution in [-0.2, 0) is 25.6 Å². The molecule has 0 spiro atoms. The molecule has 1 aliphatic heterocycles. The number of rotatable bonds is 3. The van der Waals surface area contributed by atoms with E-state index in [9.17, 15) is 0 Å². The summed E-state index contributed by atoms with van der Waals surface area (Å²) in [6.45, 7) is 6.47. The van der Waals surface area contributed by atoms with Crippen molar-refractivity contribution in [2.75, 3.05) is 0 Å². The fourth-order valence-corrected chi connectivity index (χ4v) is 6.94. The number of hydrogen-bond acceptors (Lipinski definition) is 4. The zero-order valence-electron chi connectivity index (χ0n) is 26.2. The number of hydrogen-bond donors (Lipinski definition) is 0. The Morgan fingerprint density at radius 1 is 0.891 bits per heavy atom. The van der Waals surface area contributed by atoms with E-state index >= 15 is 0 Å². The number of aromatic nitrogens is 4. The summed E-state index contributed by atoms with van der Waals surface area (Å²) in [7, 11) is 0. The zero-order valence-corrected chi connectivity index (χ0v) is 28.6. The van der Waals surface area contributed by atoms with E-state index in [1.54, 1.807) is 6.20 Å². The van der Waals surface area contributed by atoms with Crippen LogP contribution in [0, 0.1) is 19.1 Å². The summed E-state index contributed by atoms with van der Waals surface area (Å²) in [5.74, 6) is 1.73. The Bertz CT molecular complexity index is 2210. The van der Waals surface area contributed by atoms with E-state index in [1.807, 2.05) is 61.5 Å². The first-order valence-electron chi connectivity index (χ1n) is 15.8. The molecule has 7 aromatic rings. The molecule has 5 heterocycles. The summed E-state index contributed by atoms with van der Waals surface area (Å²) in [5.41, 5.74) is 10.3. The number of allylic oxidation sites excluding steroid dienone is 1. The maximum Gasteiger partial charge on any atom is 0.216 e. The minimum absolute atomic E-state index is 0. The largest absolute Gasteiger partial charge is 0.486 e. The van der Waals surface area contributed by atoms with Crippen molar-refractivity contribution in [3.05, 3.63) is 120 Å². The van der Waals surface area contributed by atoms with Crippen LogP contribution in [0.4, 0.5) is 0 Å². The van der Waals surface area contributed by atoms with Crippen molar-refractivity contribution >= 4 is 39.2 Å². The maximum atomic E-state index is 5.94. The van der Waals surface area contributed by atoms with Crippen LogP contribution in [0.3, 0.4) is 0 Å². The number of fused-ring (bicyclic) bond motifs is 3. The molecule has 0 amide bonds. The van der Waals surface area contributed by atoms with Gasteiger partial charge in [-0.15, -0.1) is 54.1 Å². The molecule has 0 saturated heterocycles. The zero-order chi connectivity index (χ0) is 30.5. The number of nitrogens with zero attached hydrogens (tertiary/aromatic N) is 4. The molecule has 0 bridgehead atoms. The molecule has 46 heavy (non-hydrogen) atoms. The third kappa shape index (κ3) is 5.30. The summed E-state index contributed by atoms with van der Waals surface area (Å²) >= 11 is 0. The Morgan fingerprint density at radius 3 is 2.52 bits per heavy atom. The molecule has 0 N–H and O–H groups in total. The normalized spacial score (nSPS) is 15.2. The number of pyridine rings is 2. The van der Waals surface area contributed by atoms with E-state index in [-0.39, 0.29) is 25.6 Å². The van der Waals surface area contributed by atoms with Gasteiger partial charge in [-0.05, 0) is 86.7 Å². The monoisotopic (exact) mass is 779 g/mol. The Labute approximate surface area is 282 Å². The van der Waals surface area contributed by atoms with Crippen LogP contribution in [0.15, 0.2) is 95.6 Å². The molecule has 3 aromatic carbocycles. The molecule has 5 nitrogen and oxygen atoms in total. The molecular weight excluding hydrogens is 745 g/mol. The third-order valence-electron chi connectivity index (χ3n) is 9.19. The maximum absolute atomic E-state index is 5.94. The first-order chi connectivity index (χ1) is 22.0. The van der Waals surface area contributed by atoms with Gasteiger partial charge in [-0.2, -0.15) is 0 Å². The topological polar surface area (TPSA) is 56.7 Å². The summed E-state index contributed by atoms with van der Waals surface area (Å²) in [6.07, 6.45) is 11.7. The van der Waals surface area contributed by atoms with Crippen LogP contribution in [0.2, 0.25) is 0 Å². The van der Waals surface area contributed by atoms with Crippen LogP contribution in [0.5, 0.6) is 0 Å². The van der Waals surface area contributed by atoms with Crippen LogP contribution < -0.4 is 0 Å². The van der Waals surface area contributed by atoms with Crippen molar-refractivity contribution in [3.8, 4) is 22.6 Å². The molecule has 9 rings (SSSR count). The van der Waals surface area contributed by atoms with E-state index in [1.165, 1.54) is 42.3 Å². The van der Waals surface area contributed by atoms with Gasteiger partial charge in [-0.1, -0.05) is 48.1 Å². The van der Waals surface area contributed by atoms with Gasteiger partial charge in [0.2, 0.25) is 5.71 Å². The first-order valence-corrected chi connectivity index (χ1v) is 15.8. The van der Waals surface area contributed by atoms with E-state index in [4.69, 9.17) is 9.40 Å². The van der Waals surface area contributed by atoms with Crippen molar-refractivity contribution in [1.82, 2.24) is 19.5 Å². The number of furan rings is 1. The van der Waals surface area contributed by atoms with E-state index in [0.717, 1.165) is 50.2 Å². The number of aryl methyl sites for hydroxylation is 1. The fourth-order valence-electron chi connectivity index (χ4n) is 6.94. The second kappa shape index (κ2) is 12.1. The molecule has 1 fully saturated rings. The molecule has 4 aromatic heterocycles. The van der Waals surface area contributed by atoms with E-state index in [0.29, 0.717) is 11.6 Å². The van der Waals surface area contributed by atoms with Crippen LogP contribution >= 0.6 is 0 Å². The number of imidazole rings is 1. The average molecular weight is 779 g/mol. The molecule has 1 saturated carbocycles. The van der Waals surface area contributed by atoms with Gasteiger partial charge in [-0.25, -0.2) is 4.98 Å². The summed E-state index contributed by atoms with van der Waals surface area (Å²) in [4.78, 5) is 13.9. The molecule has 0 unspecified atom stereocenters. The second-order valence-corrected chi connectivity index (χ2v) is 12.7. The van der Waals surface area contributed by atoms with Crippen molar-refractivity contribution in [3.63, 3.8) is 0 Å². The van der Waals surface area contributed by atoms with Crippen molar-refractivity contribution < 1.29 is 24.5 Å². The van der Waals surface area contributed by atoms with Gasteiger partial charge in [0.1, 0.15) is 0 Å². The molecule has 1 aliphatic carbocycles. The standard InChI is InChI=1S/C23H23N2.C17H11N2O.Ir/c1-23(2)13-12-18-14-19(16-8-6-7-9-16)15-20-21(18)25(23)22(24-20)17-10-4-3-5-11-17;1-11-8-9-13-12-5-4-6-14(15-7-2-3-10-18-15)16(12)20-17(13)19-11;/h3-5,10,12-16H,6-9H2,1-2H3;2-5,7-10H,1H3;/q2*-1;. The second-order valence-electron chi connectivity index (χ2n) is 12.7. The SMILES string of the molecule is CC1(C)C=Cc2cc(C3CCCC3)cc3nc(-c4[c-]cccc4)n1c23.Cc1ccc2c(n1)oc1c(-c3ccccn3)[c-]ccc12.[Ir]. The van der Waals surface area contributed by atoms with Gasteiger partial charge in [0.05, 0.1) is 28.0 Å². The summed E-state index contributed by atoms with van der Waals surface area (Å²) in [6, 6.07) is 33.2. The van der Waals surface area contributed by atoms with Gasteiger partial charge in [0.25, 0.3) is 0 Å². The Balaban J connectivity index is 0.000000147. The van der Waals surface area contributed by atoms with Crippen molar-refractivity contribution in [2.24, 2.45) is 0 Å². The third-order valence-corrected chi connectivity index (χ3v) is 9.19. The fraction of sp³-hybridized carbons (Fsp3) is 0.225. The Morgan fingerprint density at radius 2 is 1.74 bits per heavy atom. The van der Waals surface area contributed by atoms with Crippen LogP contribution in [0.1, 0.15) is 62.3 Å². The number of benzene rings is 3. The van der Waals surface area contributed by atoms with Gasteiger partial charge < -0.3 is 14.0 Å². The predicted molar refractivity (Wildman–Crippen MR) is 182 cm³/mol. The van der Waals surface area contributed by atoms with E-state index in [2.05, 4.69) is 76.9 Å².